The number of hydrogen-bond acceptors (Lipinski definition) is 5. The molecule has 1 fully saturated rings. The van der Waals surface area contributed by atoms with E-state index in [0.29, 0.717) is 26.2 Å². The standard InChI is InChI=1S/C12H19FN2O4S.4F2/c1-2-19-7-5-14-10(16)4-3-6-15-11(17)8-9(20-13)12(15)18;4*1-2/h9H,2-8H2,1H3,(H,14,16);;;;. The van der Waals surface area contributed by atoms with Crippen LogP contribution >= 0.6 is 12.1 Å². The normalized spacial score (nSPS) is 14.2. The van der Waals surface area contributed by atoms with Gasteiger partial charge in [0.2, 0.25) is 17.7 Å². The van der Waals surface area contributed by atoms with Gasteiger partial charge in [-0.15, -0.1) is 0 Å². The highest BCUT2D eigenvalue weighted by molar-refractivity contribution is 7.95. The van der Waals surface area contributed by atoms with Gasteiger partial charge in [-0.05, 0) is 13.3 Å². The lowest BCUT2D eigenvalue weighted by molar-refractivity contribution is -0.138. The van der Waals surface area contributed by atoms with E-state index >= 15 is 0 Å². The number of likely N-dealkylation sites (tertiary alicyclic amines) is 1. The molecule has 0 bridgehead atoms. The van der Waals surface area contributed by atoms with E-state index in [2.05, 4.69) is 5.32 Å². The molecule has 28 heavy (non-hydrogen) atoms. The molecular formula is C12H19F9N2O4S. The van der Waals surface area contributed by atoms with Crippen molar-refractivity contribution in [3.63, 3.8) is 0 Å². The van der Waals surface area contributed by atoms with Crippen molar-refractivity contribution < 1.29 is 59.6 Å². The maximum absolute atomic E-state index is 12.4. The lowest BCUT2D eigenvalue weighted by Crippen LogP contribution is -2.33. The first-order valence-corrected chi connectivity index (χ1v) is 7.91. The zero-order chi connectivity index (χ0) is 23.0. The van der Waals surface area contributed by atoms with E-state index in [1.165, 1.54) is 0 Å². The van der Waals surface area contributed by atoms with Crippen molar-refractivity contribution in [3.8, 4) is 0 Å². The second-order valence-electron chi connectivity index (χ2n) is 4.32. The molecule has 1 atom stereocenters. The topological polar surface area (TPSA) is 75.7 Å². The van der Waals surface area contributed by atoms with E-state index in [0.717, 1.165) is 4.90 Å². The van der Waals surface area contributed by atoms with Gasteiger partial charge in [0.05, 0.1) is 25.2 Å². The smallest absolute Gasteiger partial charge is 0.245 e. The lowest BCUT2D eigenvalue weighted by atomic mass is 10.3. The van der Waals surface area contributed by atoms with Gasteiger partial charge in [-0.25, -0.2) is 0 Å². The molecule has 1 heterocycles. The minimum atomic E-state index is -0.914. The van der Waals surface area contributed by atoms with Crippen molar-refractivity contribution in [3.05, 3.63) is 0 Å². The molecule has 0 saturated carbocycles. The van der Waals surface area contributed by atoms with Crippen LogP contribution in [0.4, 0.5) is 40.5 Å². The molecule has 1 aliphatic rings. The van der Waals surface area contributed by atoms with Crippen LogP contribution in [-0.2, 0) is 19.1 Å². The van der Waals surface area contributed by atoms with Crippen molar-refractivity contribution in [2.45, 2.75) is 31.4 Å². The maximum Gasteiger partial charge on any atom is 0.245 e. The Labute approximate surface area is 158 Å². The molecule has 1 N–H and O–H groups in total. The largest absolute Gasteiger partial charge is 0.380 e. The number of rotatable bonds is 9. The Hall–Kier alpha value is -1.71. The fourth-order valence-corrected chi connectivity index (χ4v) is 2.26. The van der Waals surface area contributed by atoms with Gasteiger partial charge in [-0.2, -0.15) is 3.89 Å². The van der Waals surface area contributed by atoms with Gasteiger partial charge >= 0.3 is 0 Å². The summed E-state index contributed by atoms with van der Waals surface area (Å²) in [5, 5.41) is 1.75. The van der Waals surface area contributed by atoms with Crippen molar-refractivity contribution >= 4 is 29.9 Å². The lowest BCUT2D eigenvalue weighted by Gasteiger charge is -2.13. The van der Waals surface area contributed by atoms with E-state index in [9.17, 15) is 18.3 Å². The molecule has 16 heteroatoms. The number of carbonyl (C=O) groups excluding carboxylic acids is 3. The van der Waals surface area contributed by atoms with Gasteiger partial charge in [0.1, 0.15) is 5.25 Å². The molecule has 0 radical (unpaired) electrons. The van der Waals surface area contributed by atoms with Crippen molar-refractivity contribution in [1.82, 2.24) is 10.2 Å². The third kappa shape index (κ3) is 16.5. The first kappa shape index (κ1) is 33.8. The summed E-state index contributed by atoms with van der Waals surface area (Å²) < 4.78 is 81.5. The Morgan fingerprint density at radius 2 is 1.68 bits per heavy atom. The fraction of sp³-hybridized carbons (Fsp3) is 0.750. The molecule has 0 aliphatic carbocycles. The third-order valence-electron chi connectivity index (χ3n) is 2.87. The minimum absolute atomic E-state index is 0.0967. The molecule has 0 aromatic rings. The Balaban J connectivity index is -0.000000318. The van der Waals surface area contributed by atoms with Gasteiger partial charge in [0.15, 0.2) is 0 Å². The number of ether oxygens (including phenoxy) is 1. The third-order valence-corrected chi connectivity index (χ3v) is 3.45. The first-order chi connectivity index (χ1) is 13.6. The van der Waals surface area contributed by atoms with Crippen LogP contribution in [0.25, 0.3) is 0 Å². The molecule has 170 valence electrons. The summed E-state index contributed by atoms with van der Waals surface area (Å²) >= 11 is -0.102. The van der Waals surface area contributed by atoms with E-state index in [1.54, 1.807) is 0 Å². The van der Waals surface area contributed by atoms with Crippen LogP contribution in [-0.4, -0.2) is 54.2 Å². The number of imide groups is 1. The van der Waals surface area contributed by atoms with Crippen LogP contribution in [0.1, 0.15) is 26.2 Å². The van der Waals surface area contributed by atoms with E-state index in [1.807, 2.05) is 6.92 Å². The Kier molecular flexibility index (Phi) is 33.2. The predicted molar refractivity (Wildman–Crippen MR) is 81.4 cm³/mol. The zero-order valence-electron chi connectivity index (χ0n) is 14.4. The van der Waals surface area contributed by atoms with Crippen LogP contribution in [0.5, 0.6) is 0 Å². The van der Waals surface area contributed by atoms with Crippen molar-refractivity contribution in [2.24, 2.45) is 0 Å². The van der Waals surface area contributed by atoms with E-state index < -0.39 is 11.2 Å². The van der Waals surface area contributed by atoms with Crippen LogP contribution in [0.15, 0.2) is 0 Å². The molecular weight excluding hydrogens is 439 g/mol. The average Bonchev–Trinajstić information content (AvgIpc) is 3.04. The van der Waals surface area contributed by atoms with Crippen LogP contribution in [0.2, 0.25) is 0 Å². The predicted octanol–water partition coefficient (Wildman–Crippen LogP) is 4.03. The summed E-state index contributed by atoms with van der Waals surface area (Å²) in [5.41, 5.74) is 0. The van der Waals surface area contributed by atoms with Crippen LogP contribution in [0.3, 0.4) is 0 Å². The SMILES string of the molecule is CCOCCNC(=O)CCCN1C(=O)CC(SF)C1=O.FF.FF.FF.FF. The molecule has 1 unspecified atom stereocenters. The van der Waals surface area contributed by atoms with Gasteiger partial charge in [0.25, 0.3) is 0 Å². The van der Waals surface area contributed by atoms with Gasteiger partial charge in [0, 0.05) is 62.7 Å². The molecule has 0 aromatic heterocycles. The quantitative estimate of drug-likeness (QED) is 0.321. The molecule has 0 aromatic carbocycles. The molecule has 1 aliphatic heterocycles. The van der Waals surface area contributed by atoms with Gasteiger partial charge < -0.3 is 10.1 Å². The number of carbonyl (C=O) groups is 3. The molecule has 1 rings (SSSR count). The highest BCUT2D eigenvalue weighted by Crippen LogP contribution is 2.25. The monoisotopic (exact) mass is 458 g/mol. The van der Waals surface area contributed by atoms with Crippen molar-refractivity contribution in [2.75, 3.05) is 26.3 Å². The highest BCUT2D eigenvalue weighted by atomic mass is 32.2. The van der Waals surface area contributed by atoms with E-state index in [-0.39, 0.29) is 43.3 Å². The number of nitrogens with zero attached hydrogens (tertiary/aromatic N) is 1. The fourth-order valence-electron chi connectivity index (χ4n) is 1.85. The van der Waals surface area contributed by atoms with E-state index in [4.69, 9.17) is 41.3 Å². The molecule has 0 spiro atoms. The Morgan fingerprint density at radius 1 is 1.14 bits per heavy atom. The highest BCUT2D eigenvalue weighted by Gasteiger charge is 2.39. The second-order valence-corrected chi connectivity index (χ2v) is 5.06. The summed E-state index contributed by atoms with van der Waals surface area (Å²) in [6.45, 7) is 3.53. The Morgan fingerprint density at radius 3 is 2.11 bits per heavy atom. The number of amides is 3. The summed E-state index contributed by atoms with van der Waals surface area (Å²) in [7, 11) is 0. The minimum Gasteiger partial charge on any atom is -0.380 e. The summed E-state index contributed by atoms with van der Waals surface area (Å²) in [6.07, 6.45) is 0.499. The van der Waals surface area contributed by atoms with Crippen LogP contribution < -0.4 is 5.32 Å². The molecule has 1 saturated heterocycles. The molecule has 6 nitrogen and oxygen atoms in total. The summed E-state index contributed by atoms with van der Waals surface area (Å²) in [6, 6.07) is 0. The first-order valence-electron chi connectivity index (χ1n) is 7.13. The number of nitrogens with one attached hydrogen (secondary N) is 1. The summed E-state index contributed by atoms with van der Waals surface area (Å²) in [4.78, 5) is 35.6. The van der Waals surface area contributed by atoms with Crippen LogP contribution in [0, 0.1) is 0 Å². The maximum atomic E-state index is 12.4. The number of hydrogen-bond donors (Lipinski definition) is 1. The average molecular weight is 458 g/mol. The van der Waals surface area contributed by atoms with Gasteiger partial charge in [-0.3, -0.25) is 19.3 Å². The zero-order valence-corrected chi connectivity index (χ0v) is 15.2. The number of halogens is 9. The second kappa shape index (κ2) is 27.5. The summed E-state index contributed by atoms with van der Waals surface area (Å²) in [5.74, 6) is -1.03. The van der Waals surface area contributed by atoms with Gasteiger partial charge in [-0.1, -0.05) is 0 Å². The Bertz CT molecular complexity index is 387. The van der Waals surface area contributed by atoms with Crippen molar-refractivity contribution in [1.29, 1.82) is 0 Å². The molecule has 3 amide bonds.